The van der Waals surface area contributed by atoms with Crippen LogP contribution in [-0.4, -0.2) is 57.9 Å². The zero-order chi connectivity index (χ0) is 24.0. The summed E-state index contributed by atoms with van der Waals surface area (Å²) in [5, 5.41) is 0. The first-order valence-electron chi connectivity index (χ1n) is 10.9. The molecule has 1 saturated heterocycles. The van der Waals surface area contributed by atoms with Gasteiger partial charge in [0.2, 0.25) is 15.8 Å². The van der Waals surface area contributed by atoms with Gasteiger partial charge in [-0.25, -0.2) is 13.2 Å². The number of ether oxygens (including phenoxy) is 3. The molecule has 9 heteroatoms. The number of Topliss-reactive ketones (excluding diaryl/α,β-unsaturated/α-hetero) is 1. The van der Waals surface area contributed by atoms with Gasteiger partial charge in [-0.2, -0.15) is 4.31 Å². The number of methoxy groups -OCH3 is 2. The highest BCUT2D eigenvalue weighted by Crippen LogP contribution is 2.26. The minimum Gasteiger partial charge on any atom is -0.497 e. The van der Waals surface area contributed by atoms with Crippen LogP contribution < -0.4 is 9.47 Å². The number of hydrogen-bond acceptors (Lipinski definition) is 7. The van der Waals surface area contributed by atoms with E-state index in [1.165, 1.54) is 49.7 Å². The van der Waals surface area contributed by atoms with Gasteiger partial charge in [0, 0.05) is 19.2 Å². The SMILES string of the molecule is COc1ccc(C(=O)[C@@H](C)OC(=O)c2ccc(S(=O)(=O)N3CCCCCC3)cc2)c(OC)c1. The van der Waals surface area contributed by atoms with Crippen LogP contribution in [0.15, 0.2) is 47.4 Å². The Kier molecular flexibility index (Phi) is 8.10. The zero-order valence-corrected chi connectivity index (χ0v) is 19.9. The van der Waals surface area contributed by atoms with Crippen molar-refractivity contribution < 1.29 is 32.2 Å². The summed E-state index contributed by atoms with van der Waals surface area (Å²) in [6.07, 6.45) is 2.66. The molecule has 1 aliphatic rings. The van der Waals surface area contributed by atoms with Crippen LogP contribution in [0, 0.1) is 0 Å². The molecule has 33 heavy (non-hydrogen) atoms. The molecule has 0 aromatic heterocycles. The molecule has 1 aliphatic heterocycles. The highest BCUT2D eigenvalue weighted by molar-refractivity contribution is 7.89. The Morgan fingerprint density at radius 2 is 1.55 bits per heavy atom. The minimum atomic E-state index is -3.61. The molecule has 2 aromatic rings. The monoisotopic (exact) mass is 475 g/mol. The Morgan fingerprint density at radius 3 is 2.12 bits per heavy atom. The first-order chi connectivity index (χ1) is 15.8. The molecule has 1 atom stereocenters. The Balaban J connectivity index is 1.70. The number of carbonyl (C=O) groups is 2. The number of benzene rings is 2. The number of rotatable bonds is 8. The molecule has 0 saturated carbocycles. The maximum Gasteiger partial charge on any atom is 0.338 e. The summed E-state index contributed by atoms with van der Waals surface area (Å²) >= 11 is 0. The van der Waals surface area contributed by atoms with E-state index in [-0.39, 0.29) is 16.0 Å². The van der Waals surface area contributed by atoms with E-state index in [0.717, 1.165) is 25.7 Å². The van der Waals surface area contributed by atoms with Crippen LogP contribution in [0.3, 0.4) is 0 Å². The highest BCUT2D eigenvalue weighted by atomic mass is 32.2. The number of esters is 1. The van der Waals surface area contributed by atoms with Gasteiger partial charge in [0.15, 0.2) is 6.10 Å². The molecule has 178 valence electrons. The molecule has 3 rings (SSSR count). The van der Waals surface area contributed by atoms with E-state index in [1.54, 1.807) is 18.2 Å². The lowest BCUT2D eigenvalue weighted by Crippen LogP contribution is -2.32. The van der Waals surface area contributed by atoms with E-state index in [0.29, 0.717) is 24.6 Å². The summed E-state index contributed by atoms with van der Waals surface area (Å²) in [6, 6.07) is 10.3. The quantitative estimate of drug-likeness (QED) is 0.424. The normalized spacial score (nSPS) is 15.8. The molecule has 0 aliphatic carbocycles. The topological polar surface area (TPSA) is 99.2 Å². The van der Waals surface area contributed by atoms with Crippen LogP contribution in [0.4, 0.5) is 0 Å². The van der Waals surface area contributed by atoms with Gasteiger partial charge < -0.3 is 14.2 Å². The molecule has 0 unspecified atom stereocenters. The highest BCUT2D eigenvalue weighted by Gasteiger charge is 2.27. The second kappa shape index (κ2) is 10.8. The first kappa shape index (κ1) is 24.7. The fourth-order valence-electron chi connectivity index (χ4n) is 3.70. The smallest absolute Gasteiger partial charge is 0.338 e. The Morgan fingerprint density at radius 1 is 0.909 bits per heavy atom. The molecule has 2 aromatic carbocycles. The van der Waals surface area contributed by atoms with Crippen LogP contribution in [0.2, 0.25) is 0 Å². The van der Waals surface area contributed by atoms with Crippen molar-refractivity contribution in [2.45, 2.75) is 43.6 Å². The summed E-state index contributed by atoms with van der Waals surface area (Å²) in [7, 11) is -0.672. The van der Waals surface area contributed by atoms with Crippen molar-refractivity contribution in [1.82, 2.24) is 4.31 Å². The Hall–Kier alpha value is -2.91. The van der Waals surface area contributed by atoms with E-state index < -0.39 is 27.9 Å². The van der Waals surface area contributed by atoms with E-state index in [9.17, 15) is 18.0 Å². The van der Waals surface area contributed by atoms with Crippen molar-refractivity contribution in [3.8, 4) is 11.5 Å². The lowest BCUT2D eigenvalue weighted by molar-refractivity contribution is 0.0317. The van der Waals surface area contributed by atoms with Gasteiger partial charge in [-0.1, -0.05) is 12.8 Å². The summed E-state index contributed by atoms with van der Waals surface area (Å²) in [4.78, 5) is 25.5. The van der Waals surface area contributed by atoms with Crippen molar-refractivity contribution in [3.63, 3.8) is 0 Å². The Labute approximate surface area is 194 Å². The van der Waals surface area contributed by atoms with Crippen molar-refractivity contribution in [2.24, 2.45) is 0 Å². The van der Waals surface area contributed by atoms with Gasteiger partial charge in [0.1, 0.15) is 11.5 Å². The molecule has 0 bridgehead atoms. The molecule has 0 N–H and O–H groups in total. The third-order valence-electron chi connectivity index (χ3n) is 5.62. The molecular weight excluding hydrogens is 446 g/mol. The third kappa shape index (κ3) is 5.72. The lowest BCUT2D eigenvalue weighted by atomic mass is 10.1. The van der Waals surface area contributed by atoms with Gasteiger partial charge in [-0.05, 0) is 56.2 Å². The van der Waals surface area contributed by atoms with Crippen LogP contribution in [0.1, 0.15) is 53.3 Å². The van der Waals surface area contributed by atoms with Gasteiger partial charge in [-0.3, -0.25) is 4.79 Å². The lowest BCUT2D eigenvalue weighted by Gasteiger charge is -2.20. The predicted octanol–water partition coefficient (Wildman–Crippen LogP) is 3.70. The fourth-order valence-corrected chi connectivity index (χ4v) is 5.21. The summed E-state index contributed by atoms with van der Waals surface area (Å²) in [6.45, 7) is 2.48. The molecule has 1 heterocycles. The molecular formula is C24H29NO7S. The molecule has 1 fully saturated rings. The van der Waals surface area contributed by atoms with Gasteiger partial charge >= 0.3 is 5.97 Å². The molecule has 8 nitrogen and oxygen atoms in total. The average molecular weight is 476 g/mol. The van der Waals surface area contributed by atoms with Gasteiger partial charge in [0.05, 0.1) is 30.2 Å². The number of nitrogens with zero attached hydrogens (tertiary/aromatic N) is 1. The van der Waals surface area contributed by atoms with E-state index in [1.807, 2.05) is 0 Å². The average Bonchev–Trinajstić information content (AvgIpc) is 3.13. The number of carbonyl (C=O) groups excluding carboxylic acids is 2. The number of sulfonamides is 1. The van der Waals surface area contributed by atoms with Crippen molar-refractivity contribution in [1.29, 1.82) is 0 Å². The van der Waals surface area contributed by atoms with Crippen molar-refractivity contribution in [3.05, 3.63) is 53.6 Å². The zero-order valence-electron chi connectivity index (χ0n) is 19.1. The van der Waals surface area contributed by atoms with Gasteiger partial charge in [-0.15, -0.1) is 0 Å². The molecule has 0 spiro atoms. The predicted molar refractivity (Wildman–Crippen MR) is 122 cm³/mol. The Bertz CT molecular complexity index is 1090. The second-order valence-electron chi connectivity index (χ2n) is 7.82. The number of hydrogen-bond donors (Lipinski definition) is 0. The van der Waals surface area contributed by atoms with Crippen LogP contribution in [0.5, 0.6) is 11.5 Å². The van der Waals surface area contributed by atoms with E-state index >= 15 is 0 Å². The largest absolute Gasteiger partial charge is 0.497 e. The summed E-state index contributed by atoms with van der Waals surface area (Å²) in [5.41, 5.74) is 0.420. The van der Waals surface area contributed by atoms with Crippen LogP contribution >= 0.6 is 0 Å². The van der Waals surface area contributed by atoms with E-state index in [4.69, 9.17) is 14.2 Å². The maximum absolute atomic E-state index is 12.9. The van der Waals surface area contributed by atoms with Crippen molar-refractivity contribution in [2.75, 3.05) is 27.3 Å². The number of ketones is 1. The second-order valence-corrected chi connectivity index (χ2v) is 9.76. The molecule has 0 amide bonds. The van der Waals surface area contributed by atoms with E-state index in [2.05, 4.69) is 0 Å². The maximum atomic E-state index is 12.9. The van der Waals surface area contributed by atoms with Crippen LogP contribution in [-0.2, 0) is 14.8 Å². The first-order valence-corrected chi connectivity index (χ1v) is 12.3. The van der Waals surface area contributed by atoms with Crippen molar-refractivity contribution >= 4 is 21.8 Å². The fraction of sp³-hybridized carbons (Fsp3) is 0.417. The minimum absolute atomic E-state index is 0.132. The molecule has 0 radical (unpaired) electrons. The van der Waals surface area contributed by atoms with Gasteiger partial charge in [0.25, 0.3) is 0 Å². The standard InChI is InChI=1S/C24H29NO7S/c1-17(23(26)21-13-10-19(30-2)16-22(21)31-3)32-24(27)18-8-11-20(12-9-18)33(28,29)25-14-6-4-5-7-15-25/h8-13,16-17H,4-7,14-15H2,1-3H3/t17-/m1/s1. The summed E-state index contributed by atoms with van der Waals surface area (Å²) < 4.78 is 43.0. The van der Waals surface area contributed by atoms with Crippen LogP contribution in [0.25, 0.3) is 0 Å². The summed E-state index contributed by atoms with van der Waals surface area (Å²) in [5.74, 6) is -0.307. The third-order valence-corrected chi connectivity index (χ3v) is 7.53.